The standard InChI is InChI=1S/C30H32N4O3.2ClH/c35-29-8-3-17-34(29)26-9-11-27(12-10-26)37-20-4-6-25-21-23(13-15-32-25)22-31-16-19-33-18-14-24-5-1-2-7-28(24)30(33)36;;/h1-2,5,7,9-15,18,21,31H,3-4,6,8,16-17,19-20,22H2;2*1H. The largest absolute Gasteiger partial charge is 0.494 e. The predicted octanol–water partition coefficient (Wildman–Crippen LogP) is 5.17. The van der Waals surface area contributed by atoms with Crippen molar-refractivity contribution >= 4 is 47.2 Å². The third kappa shape index (κ3) is 7.82. The molecule has 9 heteroatoms. The summed E-state index contributed by atoms with van der Waals surface area (Å²) in [5.74, 6) is 1.01. The topological polar surface area (TPSA) is 76.5 Å². The molecule has 0 radical (unpaired) electrons. The van der Waals surface area contributed by atoms with Gasteiger partial charge in [-0.3, -0.25) is 14.6 Å². The molecule has 5 rings (SSSR count). The summed E-state index contributed by atoms with van der Waals surface area (Å²) in [6, 6.07) is 21.6. The van der Waals surface area contributed by atoms with E-state index in [0.717, 1.165) is 60.3 Å². The highest BCUT2D eigenvalue weighted by molar-refractivity contribution is 5.95. The SMILES string of the molecule is Cl.Cl.O=C1CCCN1c1ccc(OCCCc2cc(CNCCn3ccc4ccccc4c3=O)ccn2)cc1. The zero-order valence-corrected chi connectivity index (χ0v) is 23.4. The number of aromatic nitrogens is 2. The van der Waals surface area contributed by atoms with Crippen molar-refractivity contribution in [3.63, 3.8) is 0 Å². The van der Waals surface area contributed by atoms with Gasteiger partial charge in [-0.2, -0.15) is 0 Å². The Morgan fingerprint density at radius 3 is 2.59 bits per heavy atom. The minimum absolute atomic E-state index is 0. The summed E-state index contributed by atoms with van der Waals surface area (Å²) in [4.78, 5) is 30.9. The molecule has 2 aromatic heterocycles. The summed E-state index contributed by atoms with van der Waals surface area (Å²) >= 11 is 0. The van der Waals surface area contributed by atoms with E-state index in [-0.39, 0.29) is 36.3 Å². The summed E-state index contributed by atoms with van der Waals surface area (Å²) in [5.41, 5.74) is 3.19. The van der Waals surface area contributed by atoms with E-state index in [9.17, 15) is 9.59 Å². The Balaban J connectivity index is 0.00000210. The lowest BCUT2D eigenvalue weighted by molar-refractivity contribution is -0.117. The molecule has 7 nitrogen and oxygen atoms in total. The van der Waals surface area contributed by atoms with E-state index in [1.165, 1.54) is 5.56 Å². The van der Waals surface area contributed by atoms with Crippen LogP contribution in [0, 0.1) is 0 Å². The van der Waals surface area contributed by atoms with Crippen LogP contribution < -0.4 is 20.5 Å². The molecule has 0 unspecified atom stereocenters. The molecule has 4 aromatic rings. The number of carbonyl (C=O) groups excluding carboxylic acids is 1. The number of halogens is 2. The molecule has 1 aliphatic heterocycles. The Kier molecular flexibility index (Phi) is 11.3. The third-order valence-electron chi connectivity index (χ3n) is 6.69. The van der Waals surface area contributed by atoms with E-state index < -0.39 is 0 Å². The Morgan fingerprint density at radius 2 is 1.79 bits per heavy atom. The number of anilines is 1. The minimum Gasteiger partial charge on any atom is -0.494 e. The fourth-order valence-electron chi connectivity index (χ4n) is 4.70. The number of benzene rings is 2. The first-order valence-corrected chi connectivity index (χ1v) is 12.9. The maximum Gasteiger partial charge on any atom is 0.258 e. The molecule has 1 amide bonds. The normalized spacial score (nSPS) is 12.7. The van der Waals surface area contributed by atoms with Gasteiger partial charge in [0.05, 0.1) is 6.61 Å². The molecule has 206 valence electrons. The van der Waals surface area contributed by atoms with Crippen molar-refractivity contribution in [2.45, 2.75) is 38.8 Å². The first-order valence-electron chi connectivity index (χ1n) is 12.9. The number of ether oxygens (including phenoxy) is 1. The highest BCUT2D eigenvalue weighted by atomic mass is 35.5. The van der Waals surface area contributed by atoms with Gasteiger partial charge in [0.2, 0.25) is 5.91 Å². The Bertz CT molecular complexity index is 1430. The van der Waals surface area contributed by atoms with E-state index in [1.807, 2.05) is 78.0 Å². The van der Waals surface area contributed by atoms with Crippen molar-refractivity contribution in [3.8, 4) is 5.75 Å². The monoisotopic (exact) mass is 568 g/mol. The lowest BCUT2D eigenvalue weighted by Crippen LogP contribution is -2.26. The Morgan fingerprint density at radius 1 is 0.974 bits per heavy atom. The maximum absolute atomic E-state index is 12.6. The number of carbonyl (C=O) groups is 1. The molecule has 3 heterocycles. The van der Waals surface area contributed by atoms with Crippen molar-refractivity contribution in [1.29, 1.82) is 0 Å². The molecule has 0 bridgehead atoms. The van der Waals surface area contributed by atoms with Gasteiger partial charge in [0.15, 0.2) is 0 Å². The molecular formula is C30H34Cl2N4O3. The fraction of sp³-hybridized carbons (Fsp3) is 0.300. The van der Waals surface area contributed by atoms with Crippen LogP contribution in [0.4, 0.5) is 5.69 Å². The van der Waals surface area contributed by atoms with Crippen LogP contribution >= 0.6 is 24.8 Å². The van der Waals surface area contributed by atoms with E-state index in [4.69, 9.17) is 4.74 Å². The second-order valence-corrected chi connectivity index (χ2v) is 9.33. The average Bonchev–Trinajstić information content (AvgIpc) is 3.37. The van der Waals surface area contributed by atoms with Crippen molar-refractivity contribution in [1.82, 2.24) is 14.9 Å². The van der Waals surface area contributed by atoms with Gasteiger partial charge in [-0.1, -0.05) is 18.2 Å². The zero-order chi connectivity index (χ0) is 25.5. The maximum atomic E-state index is 12.6. The minimum atomic E-state index is 0. The molecule has 1 fully saturated rings. The van der Waals surface area contributed by atoms with E-state index in [0.29, 0.717) is 26.1 Å². The number of rotatable bonds is 11. The zero-order valence-electron chi connectivity index (χ0n) is 21.8. The van der Waals surface area contributed by atoms with Crippen LogP contribution in [0.3, 0.4) is 0 Å². The van der Waals surface area contributed by atoms with Gasteiger partial charge >= 0.3 is 0 Å². The van der Waals surface area contributed by atoms with Gasteiger partial charge in [-0.15, -0.1) is 24.8 Å². The third-order valence-corrected chi connectivity index (χ3v) is 6.69. The van der Waals surface area contributed by atoms with Crippen molar-refractivity contribution in [2.24, 2.45) is 0 Å². The van der Waals surface area contributed by atoms with Crippen LogP contribution in [0.15, 0.2) is 83.9 Å². The van der Waals surface area contributed by atoms with Crippen molar-refractivity contribution in [3.05, 3.63) is 101 Å². The van der Waals surface area contributed by atoms with E-state index in [1.54, 1.807) is 4.57 Å². The van der Waals surface area contributed by atoms with Gasteiger partial charge < -0.3 is 19.5 Å². The number of nitrogens with one attached hydrogen (secondary N) is 1. The van der Waals surface area contributed by atoms with Gasteiger partial charge in [0.25, 0.3) is 5.56 Å². The molecule has 1 saturated heterocycles. The number of pyridine rings is 2. The Hall–Kier alpha value is -3.39. The lowest BCUT2D eigenvalue weighted by atomic mass is 10.1. The molecule has 1 N–H and O–H groups in total. The van der Waals surface area contributed by atoms with Crippen LogP contribution in [-0.2, 0) is 24.3 Å². The summed E-state index contributed by atoms with van der Waals surface area (Å²) < 4.78 is 7.65. The van der Waals surface area contributed by atoms with Crippen LogP contribution in [-0.4, -0.2) is 35.2 Å². The highest BCUT2D eigenvalue weighted by Gasteiger charge is 2.21. The van der Waals surface area contributed by atoms with Gasteiger partial charge in [-0.05, 0) is 78.7 Å². The second kappa shape index (κ2) is 14.7. The predicted molar refractivity (Wildman–Crippen MR) is 160 cm³/mol. The van der Waals surface area contributed by atoms with Crippen LogP contribution in [0.5, 0.6) is 5.75 Å². The number of hydrogen-bond donors (Lipinski definition) is 1. The molecule has 2 aromatic carbocycles. The van der Waals surface area contributed by atoms with Crippen LogP contribution in [0.2, 0.25) is 0 Å². The summed E-state index contributed by atoms with van der Waals surface area (Å²) in [6.07, 6.45) is 6.97. The van der Waals surface area contributed by atoms with Crippen LogP contribution in [0.25, 0.3) is 10.8 Å². The molecule has 0 spiro atoms. The second-order valence-electron chi connectivity index (χ2n) is 9.33. The summed E-state index contributed by atoms with van der Waals surface area (Å²) in [6.45, 7) is 3.45. The summed E-state index contributed by atoms with van der Waals surface area (Å²) in [5, 5.41) is 5.16. The number of amides is 1. The van der Waals surface area contributed by atoms with E-state index >= 15 is 0 Å². The number of hydrogen-bond acceptors (Lipinski definition) is 5. The number of aryl methyl sites for hydroxylation is 1. The fourth-order valence-corrected chi connectivity index (χ4v) is 4.70. The van der Waals surface area contributed by atoms with E-state index in [2.05, 4.69) is 16.4 Å². The smallest absolute Gasteiger partial charge is 0.258 e. The lowest BCUT2D eigenvalue weighted by Gasteiger charge is -2.16. The summed E-state index contributed by atoms with van der Waals surface area (Å²) in [7, 11) is 0. The number of fused-ring (bicyclic) bond motifs is 1. The first-order chi connectivity index (χ1) is 18.2. The quantitative estimate of drug-likeness (QED) is 0.253. The number of nitrogens with zero attached hydrogens (tertiary/aromatic N) is 3. The van der Waals surface area contributed by atoms with Gasteiger partial charge in [-0.25, -0.2) is 0 Å². The molecule has 0 aliphatic carbocycles. The highest BCUT2D eigenvalue weighted by Crippen LogP contribution is 2.24. The Labute approximate surface area is 241 Å². The molecule has 0 saturated carbocycles. The van der Waals surface area contributed by atoms with Gasteiger partial charge in [0.1, 0.15) is 5.75 Å². The first kappa shape index (κ1) is 30.2. The molecule has 1 aliphatic rings. The van der Waals surface area contributed by atoms with Gasteiger partial charge in [0, 0.05) is 61.8 Å². The van der Waals surface area contributed by atoms with Crippen molar-refractivity contribution in [2.75, 3.05) is 24.6 Å². The molecule has 0 atom stereocenters. The van der Waals surface area contributed by atoms with Crippen LogP contribution in [0.1, 0.15) is 30.5 Å². The molecular weight excluding hydrogens is 535 g/mol. The molecule has 39 heavy (non-hydrogen) atoms. The van der Waals surface area contributed by atoms with Crippen molar-refractivity contribution < 1.29 is 9.53 Å². The average molecular weight is 570 g/mol.